The first kappa shape index (κ1) is 18.2. The molecule has 126 valence electrons. The van der Waals surface area contributed by atoms with Crippen molar-refractivity contribution in [2.75, 3.05) is 5.75 Å². The van der Waals surface area contributed by atoms with Gasteiger partial charge in [-0.3, -0.25) is 14.9 Å². The Kier molecular flexibility index (Phi) is 6.56. The van der Waals surface area contributed by atoms with Gasteiger partial charge in [0.25, 0.3) is 5.69 Å². The molecule has 0 saturated carbocycles. The molecule has 7 nitrogen and oxygen atoms in total. The maximum absolute atomic E-state index is 11.7. The number of aryl methyl sites for hydroxylation is 1. The summed E-state index contributed by atoms with van der Waals surface area (Å²) in [4.78, 5) is 21.8. The van der Waals surface area contributed by atoms with Gasteiger partial charge in [0, 0.05) is 24.0 Å². The van der Waals surface area contributed by atoms with Crippen LogP contribution >= 0.6 is 27.7 Å². The Balaban J connectivity index is 1.72. The molecule has 0 saturated heterocycles. The third kappa shape index (κ3) is 5.50. The van der Waals surface area contributed by atoms with Crippen LogP contribution in [0.4, 0.5) is 5.69 Å². The molecule has 2 aromatic rings. The third-order valence-corrected chi connectivity index (χ3v) is 4.70. The summed E-state index contributed by atoms with van der Waals surface area (Å²) in [6.45, 7) is 1.81. The fourth-order valence-electron chi connectivity index (χ4n) is 1.72. The van der Waals surface area contributed by atoms with E-state index in [9.17, 15) is 14.9 Å². The zero-order valence-electron chi connectivity index (χ0n) is 12.7. The van der Waals surface area contributed by atoms with Crippen LogP contribution in [0.1, 0.15) is 17.1 Å². The molecular formula is C15H14BrN3O4S. The van der Waals surface area contributed by atoms with Gasteiger partial charge in [-0.15, -0.1) is 11.8 Å². The molecule has 0 spiro atoms. The minimum atomic E-state index is -0.443. The van der Waals surface area contributed by atoms with E-state index < -0.39 is 4.92 Å². The average molecular weight is 412 g/mol. The highest BCUT2D eigenvalue weighted by Gasteiger charge is 2.05. The number of nitro groups is 1. The number of hydrogen-bond acceptors (Lipinski definition) is 6. The predicted octanol–water partition coefficient (Wildman–Crippen LogP) is 3.64. The Hall–Kier alpha value is -2.13. The molecule has 0 unspecified atom stereocenters. The van der Waals surface area contributed by atoms with Gasteiger partial charge >= 0.3 is 0 Å². The zero-order valence-corrected chi connectivity index (χ0v) is 15.1. The Morgan fingerprint density at radius 1 is 1.46 bits per heavy atom. The van der Waals surface area contributed by atoms with E-state index in [2.05, 4.69) is 26.5 Å². The summed E-state index contributed by atoms with van der Waals surface area (Å²) in [6.07, 6.45) is 1.43. The van der Waals surface area contributed by atoms with Crippen molar-refractivity contribution in [1.82, 2.24) is 5.43 Å². The molecule has 0 aliphatic heterocycles. The van der Waals surface area contributed by atoms with Crippen molar-refractivity contribution in [2.45, 2.75) is 12.7 Å². The normalized spacial score (nSPS) is 10.9. The quantitative estimate of drug-likeness (QED) is 0.425. The van der Waals surface area contributed by atoms with Crippen molar-refractivity contribution in [2.24, 2.45) is 5.10 Å². The number of carbonyl (C=O) groups is 1. The minimum Gasteiger partial charge on any atom is -0.459 e. The highest BCUT2D eigenvalue weighted by atomic mass is 79.9. The van der Waals surface area contributed by atoms with Crippen molar-refractivity contribution in [3.05, 3.63) is 62.0 Å². The third-order valence-electron chi connectivity index (χ3n) is 2.91. The Morgan fingerprint density at radius 2 is 2.17 bits per heavy atom. The number of nitrogens with one attached hydrogen (secondary N) is 1. The number of rotatable bonds is 7. The fraction of sp³-hybridized carbons (Fsp3) is 0.200. The van der Waals surface area contributed by atoms with Gasteiger partial charge in [0.1, 0.15) is 11.5 Å². The van der Waals surface area contributed by atoms with Crippen LogP contribution in [0.2, 0.25) is 0 Å². The van der Waals surface area contributed by atoms with E-state index in [0.717, 1.165) is 15.8 Å². The molecule has 1 aromatic heterocycles. The van der Waals surface area contributed by atoms with Gasteiger partial charge < -0.3 is 4.42 Å². The summed E-state index contributed by atoms with van der Waals surface area (Å²) in [7, 11) is 0. The summed E-state index contributed by atoms with van der Waals surface area (Å²) in [5.41, 5.74) is 3.38. The molecule has 1 heterocycles. The van der Waals surface area contributed by atoms with E-state index in [4.69, 9.17) is 4.42 Å². The molecule has 0 fully saturated rings. The van der Waals surface area contributed by atoms with E-state index in [1.54, 1.807) is 18.2 Å². The number of nitro benzene ring substituents is 1. The SMILES string of the molecule is Cc1oc(C=NNC(=O)CSCc2ccc([N+](=O)[O-])cc2)cc1Br. The van der Waals surface area contributed by atoms with Crippen LogP contribution in [0.3, 0.4) is 0 Å². The molecule has 2 rings (SSSR count). The van der Waals surface area contributed by atoms with Crippen LogP contribution in [0.15, 0.2) is 44.3 Å². The van der Waals surface area contributed by atoms with Crippen LogP contribution in [0, 0.1) is 17.0 Å². The number of hydrogen-bond donors (Lipinski definition) is 1. The lowest BCUT2D eigenvalue weighted by atomic mass is 10.2. The van der Waals surface area contributed by atoms with Crippen molar-refractivity contribution in [3.63, 3.8) is 0 Å². The second kappa shape index (κ2) is 8.65. The lowest BCUT2D eigenvalue weighted by Crippen LogP contribution is -2.19. The molecule has 0 radical (unpaired) electrons. The van der Waals surface area contributed by atoms with Crippen molar-refractivity contribution in [1.29, 1.82) is 0 Å². The molecule has 1 amide bonds. The molecule has 1 N–H and O–H groups in total. The molecular weight excluding hydrogens is 398 g/mol. The monoisotopic (exact) mass is 411 g/mol. The van der Waals surface area contributed by atoms with Gasteiger partial charge in [0.05, 0.1) is 21.4 Å². The minimum absolute atomic E-state index is 0.0515. The standard InChI is InChI=1S/C15H14BrN3O4S/c1-10-14(16)6-13(23-10)7-17-18-15(20)9-24-8-11-2-4-12(5-3-11)19(21)22/h2-7H,8-9H2,1H3,(H,18,20). The Labute approximate surface area is 150 Å². The highest BCUT2D eigenvalue weighted by Crippen LogP contribution is 2.19. The Bertz CT molecular complexity index is 739. The van der Waals surface area contributed by atoms with Crippen LogP contribution in [0.25, 0.3) is 0 Å². The summed E-state index contributed by atoms with van der Waals surface area (Å²) in [5.74, 6) is 1.86. The van der Waals surface area contributed by atoms with Gasteiger partial charge in [0.2, 0.25) is 5.91 Å². The number of halogens is 1. The first-order chi connectivity index (χ1) is 11.5. The number of benzene rings is 1. The van der Waals surface area contributed by atoms with Gasteiger partial charge in [0.15, 0.2) is 0 Å². The predicted molar refractivity (Wildman–Crippen MR) is 96.1 cm³/mol. The molecule has 0 atom stereocenters. The summed E-state index contributed by atoms with van der Waals surface area (Å²) < 4.78 is 6.20. The molecule has 0 bridgehead atoms. The van der Waals surface area contributed by atoms with Gasteiger partial charge in [-0.05, 0) is 28.4 Å². The molecule has 9 heteroatoms. The second-order valence-electron chi connectivity index (χ2n) is 4.76. The second-order valence-corrected chi connectivity index (χ2v) is 6.60. The summed E-state index contributed by atoms with van der Waals surface area (Å²) in [6, 6.07) is 8.01. The number of carbonyl (C=O) groups excluding carboxylic acids is 1. The summed E-state index contributed by atoms with van der Waals surface area (Å²) in [5, 5.41) is 14.4. The summed E-state index contributed by atoms with van der Waals surface area (Å²) >= 11 is 4.72. The number of non-ortho nitro benzene ring substituents is 1. The van der Waals surface area contributed by atoms with E-state index in [1.807, 2.05) is 6.92 Å². The van der Waals surface area contributed by atoms with Crippen LogP contribution in [-0.2, 0) is 10.5 Å². The smallest absolute Gasteiger partial charge is 0.269 e. The molecule has 0 aliphatic carbocycles. The van der Waals surface area contributed by atoms with Gasteiger partial charge in [-0.25, -0.2) is 5.43 Å². The first-order valence-corrected chi connectivity index (χ1v) is 8.79. The molecule has 0 aliphatic rings. The lowest BCUT2D eigenvalue weighted by molar-refractivity contribution is -0.384. The fourth-order valence-corrected chi connectivity index (χ4v) is 2.81. The van der Waals surface area contributed by atoms with Crippen LogP contribution < -0.4 is 5.43 Å². The van der Waals surface area contributed by atoms with Crippen molar-refractivity contribution in [3.8, 4) is 0 Å². The number of furan rings is 1. The maximum atomic E-state index is 11.7. The number of hydrazone groups is 1. The topological polar surface area (TPSA) is 97.7 Å². The van der Waals surface area contributed by atoms with E-state index in [0.29, 0.717) is 11.5 Å². The number of nitrogens with zero attached hydrogens (tertiary/aromatic N) is 2. The van der Waals surface area contributed by atoms with Gasteiger partial charge in [-0.1, -0.05) is 12.1 Å². The van der Waals surface area contributed by atoms with E-state index in [-0.39, 0.29) is 17.3 Å². The number of thioether (sulfide) groups is 1. The number of amides is 1. The average Bonchev–Trinajstić information content (AvgIpc) is 2.86. The molecule has 1 aromatic carbocycles. The van der Waals surface area contributed by atoms with Crippen LogP contribution in [-0.4, -0.2) is 22.8 Å². The van der Waals surface area contributed by atoms with Crippen LogP contribution in [0.5, 0.6) is 0 Å². The van der Waals surface area contributed by atoms with E-state index >= 15 is 0 Å². The largest absolute Gasteiger partial charge is 0.459 e. The first-order valence-electron chi connectivity index (χ1n) is 6.84. The zero-order chi connectivity index (χ0) is 17.5. The molecule has 24 heavy (non-hydrogen) atoms. The van der Waals surface area contributed by atoms with Crippen molar-refractivity contribution < 1.29 is 14.1 Å². The maximum Gasteiger partial charge on any atom is 0.269 e. The van der Waals surface area contributed by atoms with E-state index in [1.165, 1.54) is 30.1 Å². The van der Waals surface area contributed by atoms with Crippen molar-refractivity contribution >= 4 is 45.5 Å². The van der Waals surface area contributed by atoms with Gasteiger partial charge in [-0.2, -0.15) is 5.10 Å². The lowest BCUT2D eigenvalue weighted by Gasteiger charge is -2.01. The highest BCUT2D eigenvalue weighted by molar-refractivity contribution is 9.10. The Morgan fingerprint density at radius 3 is 2.75 bits per heavy atom.